The van der Waals surface area contributed by atoms with Crippen LogP contribution in [0, 0.1) is 11.7 Å². The van der Waals surface area contributed by atoms with E-state index in [9.17, 15) is 9.18 Å². The van der Waals surface area contributed by atoms with Gasteiger partial charge in [-0.05, 0) is 38.4 Å². The van der Waals surface area contributed by atoms with E-state index in [0.29, 0.717) is 37.8 Å². The standard InChI is InChI=1S/C19H28FN3O2/c1-21-13-15-5-4-8-23(14-15)19(24)18(22-9-11-25-12-10-22)16-6-2-3-7-17(16)20/h2-3,6-7,15,18,21H,4-5,8-14H2,1H3/t15-,18+/m0/s1. The summed E-state index contributed by atoms with van der Waals surface area (Å²) in [6, 6.07) is 6.10. The summed E-state index contributed by atoms with van der Waals surface area (Å²) in [6.45, 7) is 4.88. The number of ether oxygens (including phenoxy) is 1. The molecular weight excluding hydrogens is 321 g/mol. The first-order valence-corrected chi connectivity index (χ1v) is 9.20. The van der Waals surface area contributed by atoms with Gasteiger partial charge in [-0.25, -0.2) is 4.39 Å². The van der Waals surface area contributed by atoms with Crippen molar-refractivity contribution in [1.29, 1.82) is 0 Å². The van der Waals surface area contributed by atoms with E-state index in [4.69, 9.17) is 4.74 Å². The fourth-order valence-corrected chi connectivity index (χ4v) is 3.91. The third kappa shape index (κ3) is 4.37. The molecule has 0 unspecified atom stereocenters. The highest BCUT2D eigenvalue weighted by molar-refractivity contribution is 5.83. The van der Waals surface area contributed by atoms with E-state index < -0.39 is 6.04 Å². The second-order valence-corrected chi connectivity index (χ2v) is 6.92. The largest absolute Gasteiger partial charge is 0.379 e. The molecular formula is C19H28FN3O2. The predicted molar refractivity (Wildman–Crippen MR) is 94.8 cm³/mol. The van der Waals surface area contributed by atoms with Gasteiger partial charge in [0, 0.05) is 31.7 Å². The highest BCUT2D eigenvalue weighted by Gasteiger charge is 2.35. The number of hydrogen-bond donors (Lipinski definition) is 1. The third-order valence-electron chi connectivity index (χ3n) is 5.17. The van der Waals surface area contributed by atoms with Crippen LogP contribution < -0.4 is 5.32 Å². The number of piperidine rings is 1. The number of nitrogens with zero attached hydrogens (tertiary/aromatic N) is 2. The minimum Gasteiger partial charge on any atom is -0.379 e. The lowest BCUT2D eigenvalue weighted by Crippen LogP contribution is -2.50. The quantitative estimate of drug-likeness (QED) is 0.878. The molecule has 2 fully saturated rings. The number of likely N-dealkylation sites (tertiary alicyclic amines) is 1. The topological polar surface area (TPSA) is 44.8 Å². The van der Waals surface area contributed by atoms with E-state index in [-0.39, 0.29) is 11.7 Å². The van der Waals surface area contributed by atoms with Crippen LogP contribution >= 0.6 is 0 Å². The van der Waals surface area contributed by atoms with Crippen molar-refractivity contribution in [2.24, 2.45) is 5.92 Å². The Balaban J connectivity index is 1.83. The molecule has 0 aliphatic carbocycles. The number of rotatable bonds is 5. The minimum absolute atomic E-state index is 0.0211. The van der Waals surface area contributed by atoms with Gasteiger partial charge in [0.15, 0.2) is 0 Å². The molecule has 0 radical (unpaired) electrons. The zero-order valence-electron chi connectivity index (χ0n) is 14.9. The second kappa shape index (κ2) is 8.74. The van der Waals surface area contributed by atoms with Crippen molar-refractivity contribution in [3.63, 3.8) is 0 Å². The van der Waals surface area contributed by atoms with E-state index in [1.54, 1.807) is 18.2 Å². The molecule has 1 aromatic rings. The molecule has 0 spiro atoms. The predicted octanol–water partition coefficient (Wildman–Crippen LogP) is 1.66. The fourth-order valence-electron chi connectivity index (χ4n) is 3.91. The molecule has 2 aliphatic rings. The number of nitrogens with one attached hydrogen (secondary N) is 1. The number of benzene rings is 1. The van der Waals surface area contributed by atoms with Gasteiger partial charge in [-0.15, -0.1) is 0 Å². The Morgan fingerprint density at radius 1 is 1.32 bits per heavy atom. The van der Waals surface area contributed by atoms with Crippen LogP contribution in [-0.4, -0.2) is 68.7 Å². The van der Waals surface area contributed by atoms with Gasteiger partial charge in [-0.2, -0.15) is 0 Å². The van der Waals surface area contributed by atoms with Gasteiger partial charge in [0.05, 0.1) is 13.2 Å². The van der Waals surface area contributed by atoms with Crippen molar-refractivity contribution in [3.05, 3.63) is 35.6 Å². The summed E-state index contributed by atoms with van der Waals surface area (Å²) in [5.41, 5.74) is 0.477. The van der Waals surface area contributed by atoms with Gasteiger partial charge < -0.3 is 15.0 Å². The molecule has 0 aromatic heterocycles. The van der Waals surface area contributed by atoms with Crippen molar-refractivity contribution in [2.75, 3.05) is 53.0 Å². The monoisotopic (exact) mass is 349 g/mol. The van der Waals surface area contributed by atoms with Crippen molar-refractivity contribution >= 4 is 5.91 Å². The molecule has 25 heavy (non-hydrogen) atoms. The molecule has 1 N–H and O–H groups in total. The molecule has 2 heterocycles. The Morgan fingerprint density at radius 2 is 2.08 bits per heavy atom. The first-order chi connectivity index (χ1) is 12.2. The number of amides is 1. The Morgan fingerprint density at radius 3 is 2.80 bits per heavy atom. The summed E-state index contributed by atoms with van der Waals surface area (Å²) in [6.07, 6.45) is 2.14. The number of morpholine rings is 1. The summed E-state index contributed by atoms with van der Waals surface area (Å²) < 4.78 is 19.9. The highest BCUT2D eigenvalue weighted by Crippen LogP contribution is 2.28. The maximum Gasteiger partial charge on any atom is 0.244 e. The molecule has 2 aliphatic heterocycles. The second-order valence-electron chi connectivity index (χ2n) is 6.92. The summed E-state index contributed by atoms with van der Waals surface area (Å²) >= 11 is 0. The molecule has 3 rings (SSSR count). The summed E-state index contributed by atoms with van der Waals surface area (Å²) in [5.74, 6) is 0.178. The summed E-state index contributed by atoms with van der Waals surface area (Å²) in [7, 11) is 1.94. The summed E-state index contributed by atoms with van der Waals surface area (Å²) in [4.78, 5) is 17.3. The first-order valence-electron chi connectivity index (χ1n) is 9.20. The van der Waals surface area contributed by atoms with Gasteiger partial charge in [0.2, 0.25) is 5.91 Å². The minimum atomic E-state index is -0.557. The first kappa shape index (κ1) is 18.3. The molecule has 1 aromatic carbocycles. The number of hydrogen-bond acceptors (Lipinski definition) is 4. The Labute approximate surface area is 149 Å². The zero-order chi connectivity index (χ0) is 17.6. The van der Waals surface area contributed by atoms with Gasteiger partial charge >= 0.3 is 0 Å². The van der Waals surface area contributed by atoms with Crippen LogP contribution in [0.1, 0.15) is 24.4 Å². The molecule has 1 amide bonds. The van der Waals surface area contributed by atoms with Crippen molar-refractivity contribution in [1.82, 2.24) is 15.1 Å². The Kier molecular flexibility index (Phi) is 6.39. The Hall–Kier alpha value is -1.50. The van der Waals surface area contributed by atoms with E-state index in [2.05, 4.69) is 10.2 Å². The number of carbonyl (C=O) groups is 1. The van der Waals surface area contributed by atoms with Crippen LogP contribution in [0.4, 0.5) is 4.39 Å². The molecule has 2 saturated heterocycles. The lowest BCUT2D eigenvalue weighted by molar-refractivity contribution is -0.141. The van der Waals surface area contributed by atoms with Crippen LogP contribution in [0.25, 0.3) is 0 Å². The van der Waals surface area contributed by atoms with Crippen LogP contribution in [0.2, 0.25) is 0 Å². The van der Waals surface area contributed by atoms with Crippen molar-refractivity contribution in [3.8, 4) is 0 Å². The van der Waals surface area contributed by atoms with E-state index in [1.165, 1.54) is 6.07 Å². The Bertz CT molecular complexity index is 576. The van der Waals surface area contributed by atoms with Crippen molar-refractivity contribution in [2.45, 2.75) is 18.9 Å². The van der Waals surface area contributed by atoms with Gasteiger partial charge in [0.25, 0.3) is 0 Å². The average Bonchev–Trinajstić information content (AvgIpc) is 2.65. The smallest absolute Gasteiger partial charge is 0.244 e. The lowest BCUT2D eigenvalue weighted by Gasteiger charge is -2.39. The average molecular weight is 349 g/mol. The normalized spacial score (nSPS) is 23.4. The van der Waals surface area contributed by atoms with Crippen LogP contribution in [-0.2, 0) is 9.53 Å². The van der Waals surface area contributed by atoms with Crippen LogP contribution in [0.3, 0.4) is 0 Å². The van der Waals surface area contributed by atoms with Crippen LogP contribution in [0.15, 0.2) is 24.3 Å². The molecule has 6 heteroatoms. The lowest BCUT2D eigenvalue weighted by atomic mass is 9.95. The number of halogens is 1. The van der Waals surface area contributed by atoms with E-state index >= 15 is 0 Å². The maximum absolute atomic E-state index is 14.5. The SMILES string of the molecule is CNC[C@@H]1CCCN(C(=O)[C@@H](c2ccccc2F)N2CCOCC2)C1. The third-order valence-corrected chi connectivity index (χ3v) is 5.17. The molecule has 5 nitrogen and oxygen atoms in total. The highest BCUT2D eigenvalue weighted by atomic mass is 19.1. The maximum atomic E-state index is 14.5. The van der Waals surface area contributed by atoms with Gasteiger partial charge in [-0.3, -0.25) is 9.69 Å². The van der Waals surface area contributed by atoms with Crippen molar-refractivity contribution < 1.29 is 13.9 Å². The molecule has 138 valence electrons. The molecule has 0 bridgehead atoms. The fraction of sp³-hybridized carbons (Fsp3) is 0.632. The zero-order valence-corrected chi connectivity index (χ0v) is 14.9. The summed E-state index contributed by atoms with van der Waals surface area (Å²) in [5, 5.41) is 3.21. The van der Waals surface area contributed by atoms with E-state index in [0.717, 1.165) is 32.5 Å². The number of carbonyl (C=O) groups excluding carboxylic acids is 1. The van der Waals surface area contributed by atoms with Gasteiger partial charge in [0.1, 0.15) is 11.9 Å². The molecule has 2 atom stereocenters. The van der Waals surface area contributed by atoms with Crippen LogP contribution in [0.5, 0.6) is 0 Å². The van der Waals surface area contributed by atoms with E-state index in [1.807, 2.05) is 11.9 Å². The molecule has 0 saturated carbocycles. The van der Waals surface area contributed by atoms with Gasteiger partial charge in [-0.1, -0.05) is 18.2 Å².